The van der Waals surface area contributed by atoms with Gasteiger partial charge in [0, 0.05) is 18.5 Å². The molecule has 0 saturated carbocycles. The summed E-state index contributed by atoms with van der Waals surface area (Å²) < 4.78 is 5.36. The summed E-state index contributed by atoms with van der Waals surface area (Å²) >= 11 is 0. The van der Waals surface area contributed by atoms with Crippen LogP contribution in [0.1, 0.15) is 71.1 Å². The first kappa shape index (κ1) is 14.8. The molecule has 2 aliphatic rings. The van der Waals surface area contributed by atoms with Crippen molar-refractivity contribution in [2.24, 2.45) is 5.92 Å². The van der Waals surface area contributed by atoms with Gasteiger partial charge in [-0.15, -0.1) is 0 Å². The van der Waals surface area contributed by atoms with Gasteiger partial charge in [-0.1, -0.05) is 32.6 Å². The number of hydrogen-bond acceptors (Lipinski definition) is 3. The Balaban J connectivity index is 1.52. The molecule has 2 bridgehead atoms. The molecule has 2 atom stereocenters. The van der Waals surface area contributed by atoms with E-state index in [9.17, 15) is 4.79 Å². The van der Waals surface area contributed by atoms with Gasteiger partial charge in [-0.25, -0.2) is 0 Å². The molecular weight excluding hydrogens is 238 g/mol. The van der Waals surface area contributed by atoms with Gasteiger partial charge in [0.15, 0.2) is 0 Å². The predicted molar refractivity (Wildman–Crippen MR) is 77.0 cm³/mol. The van der Waals surface area contributed by atoms with E-state index in [-0.39, 0.29) is 5.97 Å². The highest BCUT2D eigenvalue weighted by Gasteiger charge is 2.34. The topological polar surface area (TPSA) is 38.3 Å². The van der Waals surface area contributed by atoms with Crippen molar-refractivity contribution in [3.05, 3.63) is 0 Å². The number of piperidine rings is 1. The van der Waals surface area contributed by atoms with E-state index in [2.05, 4.69) is 12.2 Å². The van der Waals surface area contributed by atoms with Gasteiger partial charge in [0.1, 0.15) is 0 Å². The molecule has 1 N–H and O–H groups in total. The molecule has 0 aromatic rings. The highest BCUT2D eigenvalue weighted by Crippen LogP contribution is 2.32. The van der Waals surface area contributed by atoms with Crippen molar-refractivity contribution < 1.29 is 9.53 Å². The number of hydrogen-bond donors (Lipinski definition) is 1. The Labute approximate surface area is 117 Å². The fourth-order valence-electron chi connectivity index (χ4n) is 3.53. The first-order valence-electron chi connectivity index (χ1n) is 8.19. The Morgan fingerprint density at radius 1 is 1.11 bits per heavy atom. The van der Waals surface area contributed by atoms with Gasteiger partial charge in [0.2, 0.25) is 0 Å². The van der Waals surface area contributed by atoms with Crippen LogP contribution in [0.5, 0.6) is 0 Å². The molecule has 2 unspecified atom stereocenters. The molecule has 3 heteroatoms. The van der Waals surface area contributed by atoms with Crippen LogP contribution in [0.2, 0.25) is 0 Å². The number of carbonyl (C=O) groups excluding carboxylic acids is 1. The second kappa shape index (κ2) is 7.88. The van der Waals surface area contributed by atoms with Crippen LogP contribution in [0.4, 0.5) is 0 Å². The maximum absolute atomic E-state index is 11.8. The molecule has 0 aromatic carbocycles. The normalized spacial score (nSPS) is 29.4. The van der Waals surface area contributed by atoms with Crippen molar-refractivity contribution >= 4 is 5.97 Å². The molecule has 2 heterocycles. The first-order chi connectivity index (χ1) is 9.28. The molecule has 0 spiro atoms. The number of carbonyl (C=O) groups is 1. The lowest BCUT2D eigenvalue weighted by Crippen LogP contribution is -2.38. The van der Waals surface area contributed by atoms with E-state index in [1.165, 1.54) is 51.4 Å². The SMILES string of the molecule is CCCCCCCOC(=O)CC1CC2CCC(C1)N2. The molecule has 0 aliphatic carbocycles. The minimum absolute atomic E-state index is 0.0294. The van der Waals surface area contributed by atoms with Crippen LogP contribution in [0.25, 0.3) is 0 Å². The third-order valence-electron chi connectivity index (χ3n) is 4.54. The Morgan fingerprint density at radius 3 is 2.47 bits per heavy atom. The Bertz CT molecular complexity index is 268. The van der Waals surface area contributed by atoms with E-state index in [1.807, 2.05) is 0 Å². The molecule has 0 aromatic heterocycles. The molecule has 110 valence electrons. The van der Waals surface area contributed by atoms with Crippen LogP contribution in [0.3, 0.4) is 0 Å². The van der Waals surface area contributed by atoms with Crippen LogP contribution in [-0.4, -0.2) is 24.7 Å². The summed E-state index contributed by atoms with van der Waals surface area (Å²) in [5.74, 6) is 0.591. The Kier molecular flexibility index (Phi) is 6.15. The van der Waals surface area contributed by atoms with Gasteiger partial charge in [-0.3, -0.25) is 4.79 Å². The third-order valence-corrected chi connectivity index (χ3v) is 4.54. The third kappa shape index (κ3) is 5.13. The average molecular weight is 267 g/mol. The van der Waals surface area contributed by atoms with E-state index >= 15 is 0 Å². The van der Waals surface area contributed by atoms with Crippen molar-refractivity contribution in [1.82, 2.24) is 5.32 Å². The van der Waals surface area contributed by atoms with Crippen LogP contribution in [0, 0.1) is 5.92 Å². The number of ether oxygens (including phenoxy) is 1. The summed E-state index contributed by atoms with van der Waals surface area (Å²) in [7, 11) is 0. The molecule has 0 amide bonds. The van der Waals surface area contributed by atoms with Crippen LogP contribution in [0.15, 0.2) is 0 Å². The quantitative estimate of drug-likeness (QED) is 0.541. The largest absolute Gasteiger partial charge is 0.466 e. The van der Waals surface area contributed by atoms with Crippen LogP contribution >= 0.6 is 0 Å². The van der Waals surface area contributed by atoms with Crippen molar-refractivity contribution in [2.75, 3.05) is 6.61 Å². The van der Waals surface area contributed by atoms with Crippen molar-refractivity contribution in [1.29, 1.82) is 0 Å². The predicted octanol–water partition coefficient (Wildman–Crippen LogP) is 3.42. The summed E-state index contributed by atoms with van der Waals surface area (Å²) in [5, 5.41) is 3.61. The minimum atomic E-state index is 0.0294. The number of esters is 1. The van der Waals surface area contributed by atoms with Gasteiger partial charge in [0.05, 0.1) is 6.61 Å². The number of fused-ring (bicyclic) bond motifs is 2. The Hall–Kier alpha value is -0.570. The molecular formula is C16H29NO2. The van der Waals surface area contributed by atoms with E-state index in [0.29, 0.717) is 31.0 Å². The fraction of sp³-hybridized carbons (Fsp3) is 0.938. The second-order valence-electron chi connectivity index (χ2n) is 6.31. The summed E-state index contributed by atoms with van der Waals surface area (Å²) in [5.41, 5.74) is 0. The highest BCUT2D eigenvalue weighted by atomic mass is 16.5. The molecule has 2 fully saturated rings. The molecule has 19 heavy (non-hydrogen) atoms. The average Bonchev–Trinajstić information content (AvgIpc) is 2.73. The van der Waals surface area contributed by atoms with Crippen LogP contribution in [-0.2, 0) is 9.53 Å². The number of nitrogens with one attached hydrogen (secondary N) is 1. The van der Waals surface area contributed by atoms with E-state index in [0.717, 1.165) is 6.42 Å². The van der Waals surface area contributed by atoms with Crippen molar-refractivity contribution in [3.63, 3.8) is 0 Å². The van der Waals surface area contributed by atoms with Crippen molar-refractivity contribution in [3.8, 4) is 0 Å². The van der Waals surface area contributed by atoms with E-state index in [1.54, 1.807) is 0 Å². The smallest absolute Gasteiger partial charge is 0.306 e. The summed E-state index contributed by atoms with van der Waals surface area (Å²) in [6, 6.07) is 1.34. The van der Waals surface area contributed by atoms with Gasteiger partial charge in [-0.05, 0) is 38.0 Å². The van der Waals surface area contributed by atoms with Crippen molar-refractivity contribution in [2.45, 2.75) is 83.2 Å². The summed E-state index contributed by atoms with van der Waals surface area (Å²) in [4.78, 5) is 11.8. The first-order valence-corrected chi connectivity index (χ1v) is 8.19. The minimum Gasteiger partial charge on any atom is -0.466 e. The molecule has 3 nitrogen and oxygen atoms in total. The van der Waals surface area contributed by atoms with E-state index in [4.69, 9.17) is 4.74 Å². The van der Waals surface area contributed by atoms with Gasteiger partial charge >= 0.3 is 5.97 Å². The van der Waals surface area contributed by atoms with Gasteiger partial charge in [-0.2, -0.15) is 0 Å². The molecule has 2 aliphatic heterocycles. The number of rotatable bonds is 8. The zero-order chi connectivity index (χ0) is 13.5. The van der Waals surface area contributed by atoms with Gasteiger partial charge < -0.3 is 10.1 Å². The maximum Gasteiger partial charge on any atom is 0.306 e. The van der Waals surface area contributed by atoms with Crippen LogP contribution < -0.4 is 5.32 Å². The number of unbranched alkanes of at least 4 members (excludes halogenated alkanes) is 4. The highest BCUT2D eigenvalue weighted by molar-refractivity contribution is 5.69. The van der Waals surface area contributed by atoms with E-state index < -0.39 is 0 Å². The zero-order valence-electron chi connectivity index (χ0n) is 12.3. The Morgan fingerprint density at radius 2 is 1.79 bits per heavy atom. The maximum atomic E-state index is 11.8. The lowest BCUT2D eigenvalue weighted by molar-refractivity contribution is -0.145. The fourth-order valence-corrected chi connectivity index (χ4v) is 3.53. The molecule has 0 radical (unpaired) electrons. The second-order valence-corrected chi connectivity index (χ2v) is 6.31. The summed E-state index contributed by atoms with van der Waals surface area (Å²) in [6.07, 6.45) is 11.6. The van der Waals surface area contributed by atoms with Gasteiger partial charge in [0.25, 0.3) is 0 Å². The standard InChI is InChI=1S/C16H29NO2/c1-2-3-4-5-6-9-19-16(18)12-13-10-14-7-8-15(11-13)17-14/h13-15,17H,2-12H2,1H3. The lowest BCUT2D eigenvalue weighted by atomic mass is 9.90. The molecule has 2 rings (SSSR count). The molecule has 2 saturated heterocycles. The summed E-state index contributed by atoms with van der Waals surface area (Å²) in [6.45, 7) is 2.84. The zero-order valence-corrected chi connectivity index (χ0v) is 12.3. The lowest BCUT2D eigenvalue weighted by Gasteiger charge is -2.28. The monoisotopic (exact) mass is 267 g/mol.